The van der Waals surface area contributed by atoms with Crippen LogP contribution >= 0.6 is 11.3 Å². The van der Waals surface area contributed by atoms with E-state index in [1.165, 1.54) is 42.1 Å². The summed E-state index contributed by atoms with van der Waals surface area (Å²) in [6.45, 7) is 8.08. The molecule has 0 saturated carbocycles. The van der Waals surface area contributed by atoms with Crippen molar-refractivity contribution >= 4 is 17.0 Å². The zero-order chi connectivity index (χ0) is 17.6. The molecule has 2 saturated heterocycles. The predicted molar refractivity (Wildman–Crippen MR) is 109 cm³/mol. The van der Waals surface area contributed by atoms with Crippen LogP contribution in [-0.4, -0.2) is 50.8 Å². The van der Waals surface area contributed by atoms with Crippen molar-refractivity contribution in [1.82, 2.24) is 10.2 Å². The van der Waals surface area contributed by atoms with Crippen molar-refractivity contribution in [2.75, 3.05) is 50.8 Å². The number of rotatable bonds is 7. The lowest BCUT2D eigenvalue weighted by molar-refractivity contribution is 0.122. The number of hydrogen-bond acceptors (Lipinski definition) is 5. The Morgan fingerprint density at radius 2 is 1.77 bits per heavy atom. The molecule has 0 spiro atoms. The van der Waals surface area contributed by atoms with Crippen LogP contribution in [0.25, 0.3) is 0 Å². The molecule has 4 nitrogen and oxygen atoms in total. The number of nitrogens with one attached hydrogen (secondary N) is 1. The van der Waals surface area contributed by atoms with Gasteiger partial charge in [-0.2, -0.15) is 0 Å². The third-order valence-corrected chi connectivity index (χ3v) is 6.41. The normalized spacial score (nSPS) is 19.8. The minimum Gasteiger partial charge on any atom is -0.378 e. The molecule has 1 aromatic carbocycles. The molecule has 1 N–H and O–H groups in total. The first-order valence-corrected chi connectivity index (χ1v) is 10.7. The zero-order valence-corrected chi connectivity index (χ0v) is 16.2. The number of thiophene rings is 1. The molecule has 1 unspecified atom stereocenters. The lowest BCUT2D eigenvalue weighted by atomic mass is 10.1. The van der Waals surface area contributed by atoms with Crippen LogP contribution in [0.3, 0.4) is 0 Å². The number of hydrogen-bond donors (Lipinski definition) is 1. The number of ether oxygens (including phenoxy) is 1. The van der Waals surface area contributed by atoms with Crippen molar-refractivity contribution in [3.05, 3.63) is 52.2 Å². The van der Waals surface area contributed by atoms with Gasteiger partial charge in [-0.1, -0.05) is 18.2 Å². The first-order chi connectivity index (χ1) is 12.9. The van der Waals surface area contributed by atoms with Crippen LogP contribution in [0.1, 0.15) is 29.3 Å². The van der Waals surface area contributed by atoms with Gasteiger partial charge >= 0.3 is 0 Å². The van der Waals surface area contributed by atoms with E-state index >= 15 is 0 Å². The quantitative estimate of drug-likeness (QED) is 0.806. The molecule has 2 aliphatic heterocycles. The van der Waals surface area contributed by atoms with Gasteiger partial charge in [0.15, 0.2) is 0 Å². The molecule has 2 aromatic rings. The van der Waals surface area contributed by atoms with Crippen LogP contribution in [0.5, 0.6) is 0 Å². The molecule has 0 bridgehead atoms. The fraction of sp³-hybridized carbons (Fsp3) is 0.524. The Morgan fingerprint density at radius 1 is 1.00 bits per heavy atom. The van der Waals surface area contributed by atoms with Crippen LogP contribution in [-0.2, 0) is 11.3 Å². The van der Waals surface area contributed by atoms with E-state index in [1.807, 2.05) is 11.3 Å². The number of likely N-dealkylation sites (tertiary alicyclic amines) is 1. The number of morpholine rings is 1. The first-order valence-electron chi connectivity index (χ1n) is 9.80. The molecule has 1 atom stereocenters. The summed E-state index contributed by atoms with van der Waals surface area (Å²) in [5.74, 6) is 0. The smallest absolute Gasteiger partial charge is 0.0642 e. The second-order valence-corrected chi connectivity index (χ2v) is 8.15. The lowest BCUT2D eigenvalue weighted by Crippen LogP contribution is -2.36. The van der Waals surface area contributed by atoms with Gasteiger partial charge in [-0.25, -0.2) is 0 Å². The van der Waals surface area contributed by atoms with E-state index in [0.717, 1.165) is 39.4 Å². The van der Waals surface area contributed by atoms with Crippen molar-refractivity contribution in [3.8, 4) is 0 Å². The fourth-order valence-corrected chi connectivity index (χ4v) is 4.80. The van der Waals surface area contributed by atoms with Gasteiger partial charge in [-0.15, -0.1) is 11.3 Å². The number of nitrogens with zero attached hydrogens (tertiary/aromatic N) is 2. The largest absolute Gasteiger partial charge is 0.378 e. The summed E-state index contributed by atoms with van der Waals surface area (Å²) in [6, 6.07) is 14.0. The highest BCUT2D eigenvalue weighted by molar-refractivity contribution is 7.10. The van der Waals surface area contributed by atoms with E-state index < -0.39 is 0 Å². The Labute approximate surface area is 160 Å². The third-order valence-electron chi connectivity index (χ3n) is 5.43. The van der Waals surface area contributed by atoms with Gasteiger partial charge in [0.1, 0.15) is 0 Å². The Morgan fingerprint density at radius 3 is 2.46 bits per heavy atom. The van der Waals surface area contributed by atoms with Crippen molar-refractivity contribution in [1.29, 1.82) is 0 Å². The SMILES string of the molecule is c1csc(C(CNCc2ccc(N3CCOCC3)cc2)N2CCCC2)c1. The average molecular weight is 372 g/mol. The first kappa shape index (κ1) is 18.0. The Bertz CT molecular complexity index is 646. The summed E-state index contributed by atoms with van der Waals surface area (Å²) in [5, 5.41) is 5.89. The van der Waals surface area contributed by atoms with Gasteiger partial charge in [0.25, 0.3) is 0 Å². The number of anilines is 1. The van der Waals surface area contributed by atoms with Crippen LogP contribution < -0.4 is 10.2 Å². The van der Waals surface area contributed by atoms with Crippen LogP contribution in [0.2, 0.25) is 0 Å². The molecule has 140 valence electrons. The van der Waals surface area contributed by atoms with Gasteiger partial charge in [-0.3, -0.25) is 4.90 Å². The summed E-state index contributed by atoms with van der Waals surface area (Å²) in [5.41, 5.74) is 2.67. The molecular weight excluding hydrogens is 342 g/mol. The molecule has 26 heavy (non-hydrogen) atoms. The molecule has 1 aromatic heterocycles. The topological polar surface area (TPSA) is 27.7 Å². The van der Waals surface area contributed by atoms with E-state index in [0.29, 0.717) is 6.04 Å². The highest BCUT2D eigenvalue weighted by Crippen LogP contribution is 2.28. The van der Waals surface area contributed by atoms with E-state index in [1.54, 1.807) is 0 Å². The summed E-state index contributed by atoms with van der Waals surface area (Å²) >= 11 is 1.88. The molecule has 0 radical (unpaired) electrons. The Kier molecular flexibility index (Phi) is 6.22. The summed E-state index contributed by atoms with van der Waals surface area (Å²) in [7, 11) is 0. The van der Waals surface area contributed by atoms with Gasteiger partial charge in [0.2, 0.25) is 0 Å². The fourth-order valence-electron chi connectivity index (χ4n) is 3.94. The summed E-state index contributed by atoms with van der Waals surface area (Å²) < 4.78 is 5.44. The van der Waals surface area contributed by atoms with Crippen LogP contribution in [0.4, 0.5) is 5.69 Å². The minimum atomic E-state index is 0.519. The second kappa shape index (κ2) is 9.00. The number of benzene rings is 1. The lowest BCUT2D eigenvalue weighted by Gasteiger charge is -2.29. The van der Waals surface area contributed by atoms with E-state index in [2.05, 4.69) is 56.9 Å². The van der Waals surface area contributed by atoms with E-state index in [4.69, 9.17) is 4.74 Å². The maximum atomic E-state index is 5.44. The van der Waals surface area contributed by atoms with Crippen molar-refractivity contribution in [2.24, 2.45) is 0 Å². The van der Waals surface area contributed by atoms with Crippen LogP contribution in [0.15, 0.2) is 41.8 Å². The predicted octanol–water partition coefficient (Wildman–Crippen LogP) is 3.51. The average Bonchev–Trinajstić information content (AvgIpc) is 3.41. The third kappa shape index (κ3) is 4.46. The molecular formula is C21H29N3OS. The maximum Gasteiger partial charge on any atom is 0.0642 e. The molecule has 5 heteroatoms. The van der Waals surface area contributed by atoms with Gasteiger partial charge < -0.3 is 15.0 Å². The monoisotopic (exact) mass is 371 g/mol. The molecule has 0 amide bonds. The summed E-state index contributed by atoms with van der Waals surface area (Å²) in [6.07, 6.45) is 2.68. The highest BCUT2D eigenvalue weighted by atomic mass is 32.1. The Balaban J connectivity index is 1.31. The molecule has 4 rings (SSSR count). The molecule has 2 aliphatic rings. The maximum absolute atomic E-state index is 5.44. The van der Waals surface area contributed by atoms with Crippen molar-refractivity contribution < 1.29 is 4.74 Å². The zero-order valence-electron chi connectivity index (χ0n) is 15.4. The molecule has 2 fully saturated rings. The molecule has 3 heterocycles. The summed E-state index contributed by atoms with van der Waals surface area (Å²) in [4.78, 5) is 6.53. The highest BCUT2D eigenvalue weighted by Gasteiger charge is 2.23. The Hall–Kier alpha value is -1.40. The van der Waals surface area contributed by atoms with Gasteiger partial charge in [-0.05, 0) is 55.1 Å². The van der Waals surface area contributed by atoms with E-state index in [9.17, 15) is 0 Å². The van der Waals surface area contributed by atoms with Crippen LogP contribution in [0, 0.1) is 0 Å². The van der Waals surface area contributed by atoms with Crippen molar-refractivity contribution in [2.45, 2.75) is 25.4 Å². The standard InChI is InChI=1S/C21H29N3OS/c1-2-10-24(9-1)20(21-4-3-15-26-21)17-22-16-18-5-7-19(8-6-18)23-11-13-25-14-12-23/h3-8,15,20,22H,1-2,9-14,16-17H2. The van der Waals surface area contributed by atoms with E-state index in [-0.39, 0.29) is 0 Å². The van der Waals surface area contributed by atoms with Gasteiger partial charge in [0.05, 0.1) is 19.3 Å². The second-order valence-electron chi connectivity index (χ2n) is 7.17. The van der Waals surface area contributed by atoms with Gasteiger partial charge in [0, 0.05) is 36.7 Å². The minimum absolute atomic E-state index is 0.519. The molecule has 0 aliphatic carbocycles. The van der Waals surface area contributed by atoms with Crippen molar-refractivity contribution in [3.63, 3.8) is 0 Å².